The first-order chi connectivity index (χ1) is 20.2. The molecule has 8 heteroatoms. The molecule has 3 aliphatic rings. The number of methoxy groups -OCH3 is 1. The fraction of sp³-hybridized carbons (Fsp3) is 0.529. The summed E-state index contributed by atoms with van der Waals surface area (Å²) in [5.74, 6) is 1.19. The maximum absolute atomic E-state index is 11.1. The minimum absolute atomic E-state index is 0.000343. The van der Waals surface area contributed by atoms with Gasteiger partial charge < -0.3 is 30.0 Å². The second kappa shape index (κ2) is 17.7. The van der Waals surface area contributed by atoms with E-state index in [1.165, 1.54) is 36.8 Å². The van der Waals surface area contributed by atoms with E-state index in [0.29, 0.717) is 25.0 Å². The summed E-state index contributed by atoms with van der Waals surface area (Å²) in [7, 11) is 2.60. The highest BCUT2D eigenvalue weighted by atomic mass is 16.6. The smallest absolute Gasteiger partial charge is 0.239 e. The van der Waals surface area contributed by atoms with Crippen LogP contribution in [0.5, 0.6) is 5.75 Å². The quantitative estimate of drug-likeness (QED) is 0.215. The molecule has 1 spiro atoms. The predicted octanol–water partition coefficient (Wildman–Crippen LogP) is 5.12. The summed E-state index contributed by atoms with van der Waals surface area (Å²) in [6.45, 7) is 10.1. The normalized spacial score (nSPS) is 24.5. The molecule has 42 heavy (non-hydrogen) atoms. The second-order valence-corrected chi connectivity index (χ2v) is 11.2. The Morgan fingerprint density at radius 1 is 1.10 bits per heavy atom. The van der Waals surface area contributed by atoms with Crippen LogP contribution in [-0.2, 0) is 25.6 Å². The molecule has 4 unspecified atom stereocenters. The number of benzene rings is 2. The lowest BCUT2D eigenvalue weighted by Gasteiger charge is -2.32. The number of amides is 2. The van der Waals surface area contributed by atoms with E-state index in [2.05, 4.69) is 56.5 Å². The Hall–Kier alpha value is -3.20. The van der Waals surface area contributed by atoms with Crippen molar-refractivity contribution in [3.8, 4) is 5.75 Å². The Labute approximate surface area is 251 Å². The van der Waals surface area contributed by atoms with Gasteiger partial charge >= 0.3 is 0 Å². The van der Waals surface area contributed by atoms with E-state index in [9.17, 15) is 9.59 Å². The van der Waals surface area contributed by atoms with E-state index < -0.39 is 0 Å². The number of hydrogen-bond acceptors (Lipinski definition) is 6. The second-order valence-electron chi connectivity index (χ2n) is 11.2. The molecule has 1 aliphatic carbocycles. The van der Waals surface area contributed by atoms with E-state index in [1.54, 1.807) is 7.11 Å². The van der Waals surface area contributed by atoms with Crippen molar-refractivity contribution in [2.45, 2.75) is 83.6 Å². The molecule has 4 atom stereocenters. The molecule has 8 nitrogen and oxygen atoms in total. The van der Waals surface area contributed by atoms with Gasteiger partial charge in [-0.15, -0.1) is 0 Å². The van der Waals surface area contributed by atoms with Crippen LogP contribution in [0.15, 0.2) is 66.2 Å². The Bertz CT molecular complexity index is 1100. The summed E-state index contributed by atoms with van der Waals surface area (Å²) >= 11 is 0. The molecule has 0 bridgehead atoms. The Balaban J connectivity index is 0.000000229. The maximum atomic E-state index is 11.1. The van der Waals surface area contributed by atoms with E-state index in [1.807, 2.05) is 42.5 Å². The highest BCUT2D eigenvalue weighted by Gasteiger charge is 2.67. The monoisotopic (exact) mass is 582 g/mol. The number of aliphatic hydroxyl groups is 1. The zero-order chi connectivity index (χ0) is 31.0. The minimum atomic E-state index is -0.220. The Morgan fingerprint density at radius 3 is 2.29 bits per heavy atom. The molecule has 2 aliphatic heterocycles. The molecule has 0 aromatic heterocycles. The van der Waals surface area contributed by atoms with Crippen LogP contribution in [0.4, 0.5) is 0 Å². The van der Waals surface area contributed by atoms with Crippen molar-refractivity contribution >= 4 is 12.3 Å². The summed E-state index contributed by atoms with van der Waals surface area (Å²) < 4.78 is 16.9. The molecule has 0 radical (unpaired) electrons. The zero-order valence-corrected chi connectivity index (χ0v) is 26.2. The number of ether oxygens (including phenoxy) is 3. The predicted molar refractivity (Wildman–Crippen MR) is 166 cm³/mol. The van der Waals surface area contributed by atoms with Crippen molar-refractivity contribution in [1.29, 1.82) is 0 Å². The van der Waals surface area contributed by atoms with Gasteiger partial charge in [0, 0.05) is 19.6 Å². The molecular weight excluding hydrogens is 532 g/mol. The van der Waals surface area contributed by atoms with Gasteiger partial charge in [-0.3, -0.25) is 9.59 Å². The lowest BCUT2D eigenvalue weighted by atomic mass is 9.71. The van der Waals surface area contributed by atoms with Gasteiger partial charge in [0.1, 0.15) is 5.75 Å². The number of aryl methyl sites for hydroxylation is 1. The van der Waals surface area contributed by atoms with E-state index in [0.717, 1.165) is 31.5 Å². The molecule has 2 amide bonds. The van der Waals surface area contributed by atoms with Gasteiger partial charge in [0.05, 0.1) is 37.6 Å². The van der Waals surface area contributed by atoms with Crippen molar-refractivity contribution in [2.75, 3.05) is 27.4 Å². The highest BCUT2D eigenvalue weighted by Crippen LogP contribution is 2.58. The van der Waals surface area contributed by atoms with E-state index in [-0.39, 0.29) is 23.7 Å². The summed E-state index contributed by atoms with van der Waals surface area (Å²) in [6, 6.07) is 17.6. The highest BCUT2D eigenvalue weighted by molar-refractivity contribution is 5.79. The van der Waals surface area contributed by atoms with Gasteiger partial charge in [-0.25, -0.2) is 0 Å². The van der Waals surface area contributed by atoms with Crippen molar-refractivity contribution in [3.63, 3.8) is 0 Å². The molecule has 2 aromatic carbocycles. The van der Waals surface area contributed by atoms with Crippen molar-refractivity contribution in [2.24, 2.45) is 5.92 Å². The number of rotatable bonds is 9. The number of carbonyl (C=O) groups excluding carboxylic acids is 2. The van der Waals surface area contributed by atoms with Crippen LogP contribution in [0.3, 0.4) is 0 Å². The molecule has 2 saturated heterocycles. The minimum Gasteiger partial charge on any atom is -0.497 e. The van der Waals surface area contributed by atoms with Crippen LogP contribution < -0.4 is 15.4 Å². The molecule has 2 heterocycles. The van der Waals surface area contributed by atoms with Crippen LogP contribution in [0.2, 0.25) is 0 Å². The van der Waals surface area contributed by atoms with Gasteiger partial charge in [-0.05, 0) is 64.7 Å². The largest absolute Gasteiger partial charge is 0.497 e. The summed E-state index contributed by atoms with van der Waals surface area (Å²) in [5, 5.41) is 12.0. The SMILES string of the molecule is CC(C)=CCC1OC1(C)C1CCCCC12CO2.CO.COc1ccc(CNC(=O)CNC=O)cc1.Cc1ccccc1. The number of hydrogen-bond donors (Lipinski definition) is 3. The number of epoxide rings is 2. The van der Waals surface area contributed by atoms with Gasteiger partial charge in [0.25, 0.3) is 0 Å². The van der Waals surface area contributed by atoms with Gasteiger partial charge in [0.2, 0.25) is 12.3 Å². The standard InChI is InChI=1S/C15H24O2.C11H14N2O3.C7H8.CH4O/c1-11(2)7-8-13-14(3,17-13)12-6-4-5-9-15(12)10-16-15;1-16-10-4-2-9(3-5-10)6-13-11(15)7-12-8-14;1-7-5-3-2-4-6-7;1-2/h7,12-13H,4-6,8-10H2,1-3H3;2-5,8H,6-7H2,1H3,(H,12,14)(H,13,15);2-6H,1H3;2H,1H3. The third-order valence-electron chi connectivity index (χ3n) is 7.84. The van der Waals surface area contributed by atoms with Crippen LogP contribution in [-0.4, -0.2) is 62.1 Å². The number of allylic oxidation sites excluding steroid dienone is 1. The van der Waals surface area contributed by atoms with Crippen molar-refractivity contribution < 1.29 is 28.9 Å². The van der Waals surface area contributed by atoms with E-state index >= 15 is 0 Å². The lowest BCUT2D eigenvalue weighted by Crippen LogP contribution is -2.39. The van der Waals surface area contributed by atoms with Gasteiger partial charge in [-0.1, -0.05) is 72.5 Å². The Kier molecular flexibility index (Phi) is 14.7. The number of nitrogens with one attached hydrogen (secondary N) is 2. The van der Waals surface area contributed by atoms with Crippen LogP contribution >= 0.6 is 0 Å². The maximum Gasteiger partial charge on any atom is 0.239 e. The summed E-state index contributed by atoms with van der Waals surface area (Å²) in [5.41, 5.74) is 4.00. The zero-order valence-electron chi connectivity index (χ0n) is 26.2. The molecular formula is C34H50N2O6. The van der Waals surface area contributed by atoms with Crippen molar-refractivity contribution in [3.05, 3.63) is 77.4 Å². The van der Waals surface area contributed by atoms with Crippen LogP contribution in [0.1, 0.15) is 64.0 Å². The van der Waals surface area contributed by atoms with Gasteiger partial charge in [-0.2, -0.15) is 0 Å². The van der Waals surface area contributed by atoms with Crippen LogP contribution in [0.25, 0.3) is 0 Å². The first-order valence-electron chi connectivity index (χ1n) is 14.7. The third kappa shape index (κ3) is 11.2. The third-order valence-corrected chi connectivity index (χ3v) is 7.84. The van der Waals surface area contributed by atoms with Crippen molar-refractivity contribution in [1.82, 2.24) is 10.6 Å². The molecule has 232 valence electrons. The van der Waals surface area contributed by atoms with Crippen LogP contribution in [0, 0.1) is 12.8 Å². The molecule has 2 aromatic rings. The molecule has 3 fully saturated rings. The topological polar surface area (TPSA) is 113 Å². The van der Waals surface area contributed by atoms with E-state index in [4.69, 9.17) is 19.3 Å². The summed E-state index contributed by atoms with van der Waals surface area (Å²) in [6.07, 6.45) is 9.54. The first-order valence-corrected chi connectivity index (χ1v) is 14.7. The number of aliphatic hydroxyl groups excluding tert-OH is 1. The Morgan fingerprint density at radius 2 is 1.76 bits per heavy atom. The lowest BCUT2D eigenvalue weighted by molar-refractivity contribution is -0.122. The fourth-order valence-corrected chi connectivity index (χ4v) is 5.34. The molecule has 3 N–H and O–H groups in total. The molecule has 5 rings (SSSR count). The fourth-order valence-electron chi connectivity index (χ4n) is 5.34. The average Bonchev–Trinajstić information content (AvgIpc) is 3.93. The first kappa shape index (κ1) is 35.0. The van der Waals surface area contributed by atoms with Gasteiger partial charge in [0.15, 0.2) is 0 Å². The number of carbonyl (C=O) groups is 2. The molecule has 1 saturated carbocycles. The summed E-state index contributed by atoms with van der Waals surface area (Å²) in [4.78, 5) is 21.1. The average molecular weight is 583 g/mol.